The fraction of sp³-hybridized carbons (Fsp3) is 0.286. The molecule has 1 aromatic heterocycles. The zero-order valence-electron chi connectivity index (χ0n) is 9.85. The molecule has 2 rings (SSSR count). The minimum Gasteiger partial charge on any atom is -0.461 e. The van der Waals surface area contributed by atoms with Crippen molar-refractivity contribution in [2.75, 3.05) is 6.61 Å². The number of pyridine rings is 1. The van der Waals surface area contributed by atoms with Crippen LogP contribution in [0.3, 0.4) is 0 Å². The van der Waals surface area contributed by atoms with Crippen molar-refractivity contribution in [3.63, 3.8) is 0 Å². The number of hydrogen-bond acceptors (Lipinski definition) is 3. The lowest BCUT2D eigenvalue weighted by molar-refractivity contribution is 0.0493. The second-order valence-electron chi connectivity index (χ2n) is 3.88. The number of esters is 1. The SMILES string of the molecule is CCCCOC(=O)c1ccc2ccccc2n1. The van der Waals surface area contributed by atoms with Gasteiger partial charge in [0.05, 0.1) is 12.1 Å². The molecule has 3 heteroatoms. The van der Waals surface area contributed by atoms with Crippen molar-refractivity contribution in [1.82, 2.24) is 4.98 Å². The number of para-hydroxylation sites is 1. The van der Waals surface area contributed by atoms with Crippen LogP contribution in [-0.4, -0.2) is 17.6 Å². The van der Waals surface area contributed by atoms with E-state index >= 15 is 0 Å². The van der Waals surface area contributed by atoms with E-state index in [1.807, 2.05) is 30.3 Å². The summed E-state index contributed by atoms with van der Waals surface area (Å²) in [6.45, 7) is 2.52. The average molecular weight is 229 g/mol. The van der Waals surface area contributed by atoms with Gasteiger partial charge in [0.25, 0.3) is 0 Å². The van der Waals surface area contributed by atoms with Crippen LogP contribution in [-0.2, 0) is 4.74 Å². The second kappa shape index (κ2) is 5.43. The van der Waals surface area contributed by atoms with E-state index in [9.17, 15) is 4.79 Å². The zero-order chi connectivity index (χ0) is 12.1. The molecule has 0 aliphatic heterocycles. The number of carbonyl (C=O) groups excluding carboxylic acids is 1. The first kappa shape index (κ1) is 11.6. The van der Waals surface area contributed by atoms with Crippen molar-refractivity contribution >= 4 is 16.9 Å². The van der Waals surface area contributed by atoms with Crippen molar-refractivity contribution < 1.29 is 9.53 Å². The molecular formula is C14H15NO2. The number of fused-ring (bicyclic) bond motifs is 1. The average Bonchev–Trinajstić information content (AvgIpc) is 2.38. The number of ether oxygens (including phenoxy) is 1. The van der Waals surface area contributed by atoms with E-state index in [2.05, 4.69) is 11.9 Å². The predicted molar refractivity (Wildman–Crippen MR) is 66.9 cm³/mol. The van der Waals surface area contributed by atoms with E-state index in [-0.39, 0.29) is 5.97 Å². The van der Waals surface area contributed by atoms with Gasteiger partial charge in [0.1, 0.15) is 5.69 Å². The zero-order valence-corrected chi connectivity index (χ0v) is 9.85. The summed E-state index contributed by atoms with van der Waals surface area (Å²) in [5.41, 5.74) is 1.19. The molecule has 17 heavy (non-hydrogen) atoms. The summed E-state index contributed by atoms with van der Waals surface area (Å²) in [5.74, 6) is -0.343. The highest BCUT2D eigenvalue weighted by molar-refractivity contribution is 5.90. The summed E-state index contributed by atoms with van der Waals surface area (Å²) < 4.78 is 5.12. The van der Waals surface area contributed by atoms with Crippen LogP contribution < -0.4 is 0 Å². The molecular weight excluding hydrogens is 214 g/mol. The molecule has 0 aliphatic rings. The molecule has 0 unspecified atom stereocenters. The molecule has 0 saturated carbocycles. The summed E-state index contributed by atoms with van der Waals surface area (Å²) in [5, 5.41) is 1.03. The molecule has 1 aromatic carbocycles. The molecule has 0 amide bonds. The van der Waals surface area contributed by atoms with Gasteiger partial charge in [0, 0.05) is 5.39 Å². The van der Waals surface area contributed by atoms with Gasteiger partial charge >= 0.3 is 5.97 Å². The van der Waals surface area contributed by atoms with Gasteiger partial charge in [0.15, 0.2) is 0 Å². The van der Waals surface area contributed by atoms with Crippen LogP contribution in [0, 0.1) is 0 Å². The monoisotopic (exact) mass is 229 g/mol. The van der Waals surface area contributed by atoms with Crippen LogP contribution in [0.5, 0.6) is 0 Å². The van der Waals surface area contributed by atoms with Crippen LogP contribution in [0.25, 0.3) is 10.9 Å². The van der Waals surface area contributed by atoms with E-state index in [0.717, 1.165) is 23.7 Å². The number of unbranched alkanes of at least 4 members (excludes halogenated alkanes) is 1. The highest BCUT2D eigenvalue weighted by atomic mass is 16.5. The first-order chi connectivity index (χ1) is 8.31. The lowest BCUT2D eigenvalue weighted by Gasteiger charge is -2.04. The number of aromatic nitrogens is 1. The van der Waals surface area contributed by atoms with Crippen molar-refractivity contribution in [1.29, 1.82) is 0 Å². The highest BCUT2D eigenvalue weighted by Gasteiger charge is 2.08. The third-order valence-corrected chi connectivity index (χ3v) is 2.54. The first-order valence-electron chi connectivity index (χ1n) is 5.84. The number of rotatable bonds is 4. The maximum Gasteiger partial charge on any atom is 0.356 e. The maximum absolute atomic E-state index is 11.7. The number of nitrogens with zero attached hydrogens (tertiary/aromatic N) is 1. The third kappa shape index (κ3) is 2.81. The van der Waals surface area contributed by atoms with Gasteiger partial charge in [-0.05, 0) is 18.6 Å². The summed E-state index contributed by atoms with van der Waals surface area (Å²) in [7, 11) is 0. The Labute approximate surface area is 100 Å². The standard InChI is InChI=1S/C14H15NO2/c1-2-3-10-17-14(16)13-9-8-11-6-4-5-7-12(11)15-13/h4-9H,2-3,10H2,1H3. The Balaban J connectivity index is 2.15. The van der Waals surface area contributed by atoms with Crippen LogP contribution >= 0.6 is 0 Å². The molecule has 2 aromatic rings. The fourth-order valence-corrected chi connectivity index (χ4v) is 1.56. The summed E-state index contributed by atoms with van der Waals surface area (Å²) >= 11 is 0. The summed E-state index contributed by atoms with van der Waals surface area (Å²) in [4.78, 5) is 16.0. The smallest absolute Gasteiger partial charge is 0.356 e. The van der Waals surface area contributed by atoms with Crippen LogP contribution in [0.15, 0.2) is 36.4 Å². The molecule has 88 valence electrons. The van der Waals surface area contributed by atoms with E-state index in [1.54, 1.807) is 6.07 Å². The Morgan fingerprint density at radius 1 is 1.24 bits per heavy atom. The van der Waals surface area contributed by atoms with Crippen molar-refractivity contribution in [3.05, 3.63) is 42.1 Å². The topological polar surface area (TPSA) is 39.2 Å². The number of hydrogen-bond donors (Lipinski definition) is 0. The van der Waals surface area contributed by atoms with Gasteiger partial charge in [-0.3, -0.25) is 0 Å². The molecule has 0 atom stereocenters. The fourth-order valence-electron chi connectivity index (χ4n) is 1.56. The van der Waals surface area contributed by atoms with Gasteiger partial charge < -0.3 is 4.74 Å². The van der Waals surface area contributed by atoms with Gasteiger partial charge in [-0.15, -0.1) is 0 Å². The predicted octanol–water partition coefficient (Wildman–Crippen LogP) is 3.19. The Bertz CT molecular complexity index is 522. The quantitative estimate of drug-likeness (QED) is 0.597. The van der Waals surface area contributed by atoms with Gasteiger partial charge in [0.2, 0.25) is 0 Å². The minimum absolute atomic E-state index is 0.343. The molecule has 0 N–H and O–H groups in total. The Kier molecular flexibility index (Phi) is 3.70. The number of carbonyl (C=O) groups is 1. The third-order valence-electron chi connectivity index (χ3n) is 2.54. The normalized spacial score (nSPS) is 10.4. The lowest BCUT2D eigenvalue weighted by Crippen LogP contribution is -2.08. The molecule has 0 radical (unpaired) electrons. The van der Waals surface area contributed by atoms with Crippen molar-refractivity contribution in [2.45, 2.75) is 19.8 Å². The van der Waals surface area contributed by atoms with E-state index in [0.29, 0.717) is 12.3 Å². The van der Waals surface area contributed by atoms with Crippen LogP contribution in [0.4, 0.5) is 0 Å². The number of benzene rings is 1. The van der Waals surface area contributed by atoms with Crippen molar-refractivity contribution in [3.8, 4) is 0 Å². The molecule has 1 heterocycles. The molecule has 0 bridgehead atoms. The van der Waals surface area contributed by atoms with Gasteiger partial charge in [-0.2, -0.15) is 0 Å². The molecule has 0 aliphatic carbocycles. The Morgan fingerprint density at radius 2 is 2.06 bits per heavy atom. The lowest BCUT2D eigenvalue weighted by atomic mass is 10.2. The molecule has 0 fully saturated rings. The van der Waals surface area contributed by atoms with Crippen LogP contribution in [0.1, 0.15) is 30.3 Å². The Morgan fingerprint density at radius 3 is 2.88 bits per heavy atom. The van der Waals surface area contributed by atoms with Crippen LogP contribution in [0.2, 0.25) is 0 Å². The second-order valence-corrected chi connectivity index (χ2v) is 3.88. The van der Waals surface area contributed by atoms with E-state index in [1.165, 1.54) is 0 Å². The molecule has 0 spiro atoms. The maximum atomic E-state index is 11.7. The molecule has 3 nitrogen and oxygen atoms in total. The van der Waals surface area contributed by atoms with Crippen molar-refractivity contribution in [2.24, 2.45) is 0 Å². The van der Waals surface area contributed by atoms with Gasteiger partial charge in [-0.25, -0.2) is 9.78 Å². The van der Waals surface area contributed by atoms with Gasteiger partial charge in [-0.1, -0.05) is 37.6 Å². The largest absolute Gasteiger partial charge is 0.461 e. The van der Waals surface area contributed by atoms with E-state index < -0.39 is 0 Å². The Hall–Kier alpha value is -1.90. The minimum atomic E-state index is -0.343. The van der Waals surface area contributed by atoms with E-state index in [4.69, 9.17) is 4.74 Å². The first-order valence-corrected chi connectivity index (χ1v) is 5.84. The highest BCUT2D eigenvalue weighted by Crippen LogP contribution is 2.12. The summed E-state index contributed by atoms with van der Waals surface area (Å²) in [6.07, 6.45) is 1.90. The summed E-state index contributed by atoms with van der Waals surface area (Å²) in [6, 6.07) is 11.3. The molecule has 0 saturated heterocycles.